The molecule has 0 aromatic heterocycles. The Morgan fingerprint density at radius 3 is 2.35 bits per heavy atom. The fourth-order valence-electron chi connectivity index (χ4n) is 1.63. The minimum atomic E-state index is -0.755. The van der Waals surface area contributed by atoms with E-state index in [2.05, 4.69) is 19.1 Å². The van der Waals surface area contributed by atoms with Gasteiger partial charge in [0.15, 0.2) is 0 Å². The molecule has 0 spiro atoms. The maximum absolute atomic E-state index is 10.5. The minimum Gasteiger partial charge on any atom is -0.481 e. The normalized spacial score (nSPS) is 12.9. The van der Waals surface area contributed by atoms with Crippen molar-refractivity contribution in [2.75, 3.05) is 0 Å². The molecule has 0 aromatic rings. The first-order valence-corrected chi connectivity index (χ1v) is 6.62. The van der Waals surface area contributed by atoms with Gasteiger partial charge in [-0.2, -0.15) is 0 Å². The first-order valence-electron chi connectivity index (χ1n) is 6.62. The van der Waals surface area contributed by atoms with E-state index in [4.69, 9.17) is 5.11 Å². The summed E-state index contributed by atoms with van der Waals surface area (Å²) < 4.78 is 0. The summed E-state index contributed by atoms with van der Waals surface area (Å²) in [6.07, 6.45) is 11.9. The number of aliphatic carboxylic acids is 1. The second-order valence-corrected chi connectivity index (χ2v) is 4.64. The second kappa shape index (κ2) is 10.1. The van der Waals surface area contributed by atoms with Crippen LogP contribution in [-0.4, -0.2) is 11.1 Å². The van der Waals surface area contributed by atoms with Crippen molar-refractivity contribution < 1.29 is 9.90 Å². The highest BCUT2D eigenvalue weighted by Gasteiger charge is 2.00. The monoisotopic (exact) mass is 238 g/mol. The smallest absolute Gasteiger partial charge is 0.307 e. The standard InChI is InChI=1S/C15H26O2/c1-4-5-6-7-8-9-10-11-13(2)14(3)12-15(16)17/h10-11H,4-9,12H2,1-3H3,(H,16,17). The van der Waals surface area contributed by atoms with Crippen molar-refractivity contribution in [3.63, 3.8) is 0 Å². The number of carboxylic acids is 1. The molecule has 0 fully saturated rings. The molecule has 0 aliphatic carbocycles. The minimum absolute atomic E-state index is 0.146. The van der Waals surface area contributed by atoms with Crippen molar-refractivity contribution in [1.29, 1.82) is 0 Å². The third-order valence-corrected chi connectivity index (χ3v) is 2.93. The lowest BCUT2D eigenvalue weighted by Crippen LogP contribution is -1.96. The zero-order chi connectivity index (χ0) is 13.1. The Labute approximate surface area is 105 Å². The highest BCUT2D eigenvalue weighted by molar-refractivity contribution is 5.70. The molecular weight excluding hydrogens is 212 g/mol. The van der Waals surface area contributed by atoms with Crippen molar-refractivity contribution in [2.24, 2.45) is 0 Å². The van der Waals surface area contributed by atoms with Gasteiger partial charge in [0.2, 0.25) is 0 Å². The Hall–Kier alpha value is -1.05. The summed E-state index contributed by atoms with van der Waals surface area (Å²) in [6.45, 7) is 6.08. The van der Waals surface area contributed by atoms with E-state index in [1.807, 2.05) is 13.8 Å². The summed E-state index contributed by atoms with van der Waals surface area (Å²) in [4.78, 5) is 10.5. The Morgan fingerprint density at radius 2 is 1.76 bits per heavy atom. The molecule has 0 aliphatic rings. The Bertz CT molecular complexity index is 275. The summed E-state index contributed by atoms with van der Waals surface area (Å²) in [6, 6.07) is 0. The first-order chi connectivity index (χ1) is 8.07. The van der Waals surface area contributed by atoms with E-state index < -0.39 is 5.97 Å². The van der Waals surface area contributed by atoms with Crippen molar-refractivity contribution >= 4 is 5.97 Å². The summed E-state index contributed by atoms with van der Waals surface area (Å²) in [5.41, 5.74) is 2.03. The molecule has 0 heterocycles. The van der Waals surface area contributed by atoms with E-state index in [1.165, 1.54) is 32.1 Å². The number of hydrogen-bond donors (Lipinski definition) is 1. The van der Waals surface area contributed by atoms with Gasteiger partial charge in [-0.1, -0.05) is 55.9 Å². The fraction of sp³-hybridized carbons (Fsp3) is 0.667. The van der Waals surface area contributed by atoms with E-state index in [-0.39, 0.29) is 6.42 Å². The maximum atomic E-state index is 10.5. The van der Waals surface area contributed by atoms with Crippen LogP contribution >= 0.6 is 0 Å². The van der Waals surface area contributed by atoms with Gasteiger partial charge in [0.25, 0.3) is 0 Å². The van der Waals surface area contributed by atoms with Gasteiger partial charge in [-0.05, 0) is 26.7 Å². The number of rotatable bonds is 9. The molecule has 0 radical (unpaired) electrons. The van der Waals surface area contributed by atoms with Crippen molar-refractivity contribution in [3.05, 3.63) is 23.3 Å². The third kappa shape index (κ3) is 9.86. The molecule has 0 saturated carbocycles. The lowest BCUT2D eigenvalue weighted by Gasteiger charge is -2.00. The zero-order valence-corrected chi connectivity index (χ0v) is 11.5. The lowest BCUT2D eigenvalue weighted by molar-refractivity contribution is -0.136. The van der Waals surface area contributed by atoms with E-state index in [0.717, 1.165) is 17.6 Å². The molecule has 1 N–H and O–H groups in total. The predicted octanol–water partition coefficient (Wildman–Crippen LogP) is 4.71. The molecule has 98 valence electrons. The molecule has 2 heteroatoms. The van der Waals surface area contributed by atoms with Crippen molar-refractivity contribution in [1.82, 2.24) is 0 Å². The van der Waals surface area contributed by atoms with E-state index >= 15 is 0 Å². The molecular formula is C15H26O2. The van der Waals surface area contributed by atoms with Gasteiger partial charge < -0.3 is 5.11 Å². The van der Waals surface area contributed by atoms with Gasteiger partial charge in [0.1, 0.15) is 0 Å². The fourth-order valence-corrected chi connectivity index (χ4v) is 1.63. The third-order valence-electron chi connectivity index (χ3n) is 2.93. The molecule has 17 heavy (non-hydrogen) atoms. The van der Waals surface area contributed by atoms with E-state index in [0.29, 0.717) is 0 Å². The SMILES string of the molecule is CCCCCCCC=CC(C)=C(C)CC(=O)O. The molecule has 0 bridgehead atoms. The molecule has 0 aliphatic heterocycles. The number of allylic oxidation sites excluding steroid dienone is 3. The first kappa shape index (κ1) is 16.0. The van der Waals surface area contributed by atoms with E-state index in [9.17, 15) is 4.79 Å². The lowest BCUT2D eigenvalue weighted by atomic mass is 10.1. The van der Waals surface area contributed by atoms with Gasteiger partial charge >= 0.3 is 5.97 Å². The zero-order valence-electron chi connectivity index (χ0n) is 11.5. The van der Waals surface area contributed by atoms with Crippen LogP contribution in [0, 0.1) is 0 Å². The van der Waals surface area contributed by atoms with Crippen LogP contribution in [0.2, 0.25) is 0 Å². The molecule has 0 saturated heterocycles. The summed E-state index contributed by atoms with van der Waals surface area (Å²) in [5, 5.41) is 8.67. The molecule has 0 aromatic carbocycles. The quantitative estimate of drug-likeness (QED) is 0.466. The van der Waals surface area contributed by atoms with Crippen molar-refractivity contribution in [2.45, 2.75) is 65.7 Å². The van der Waals surface area contributed by atoms with Crippen molar-refractivity contribution in [3.8, 4) is 0 Å². The Kier molecular flexibility index (Phi) is 9.50. The number of carbonyl (C=O) groups is 1. The average molecular weight is 238 g/mol. The van der Waals surface area contributed by atoms with Crippen LogP contribution in [0.25, 0.3) is 0 Å². The Morgan fingerprint density at radius 1 is 1.12 bits per heavy atom. The van der Waals surface area contributed by atoms with Crippen LogP contribution < -0.4 is 0 Å². The highest BCUT2D eigenvalue weighted by atomic mass is 16.4. The van der Waals surface area contributed by atoms with E-state index in [1.54, 1.807) is 0 Å². The largest absolute Gasteiger partial charge is 0.481 e. The molecule has 0 rings (SSSR count). The van der Waals surface area contributed by atoms with Gasteiger partial charge in [-0.3, -0.25) is 4.79 Å². The highest BCUT2D eigenvalue weighted by Crippen LogP contribution is 2.11. The van der Waals surface area contributed by atoms with Gasteiger partial charge in [0.05, 0.1) is 6.42 Å². The summed E-state index contributed by atoms with van der Waals surface area (Å²) in [7, 11) is 0. The summed E-state index contributed by atoms with van der Waals surface area (Å²) in [5.74, 6) is -0.755. The molecule has 0 unspecified atom stereocenters. The van der Waals surface area contributed by atoms with Gasteiger partial charge in [-0.25, -0.2) is 0 Å². The van der Waals surface area contributed by atoms with Crippen LogP contribution in [-0.2, 0) is 4.79 Å². The van der Waals surface area contributed by atoms with Gasteiger partial charge in [-0.15, -0.1) is 0 Å². The van der Waals surface area contributed by atoms with Crippen LogP contribution in [0.3, 0.4) is 0 Å². The van der Waals surface area contributed by atoms with Crippen LogP contribution in [0.5, 0.6) is 0 Å². The average Bonchev–Trinajstić information content (AvgIpc) is 2.26. The number of unbranched alkanes of at least 4 members (excludes halogenated alkanes) is 5. The predicted molar refractivity (Wildman–Crippen MR) is 73.1 cm³/mol. The Balaban J connectivity index is 3.79. The van der Waals surface area contributed by atoms with Crippen LogP contribution in [0.4, 0.5) is 0 Å². The molecule has 0 atom stereocenters. The molecule has 0 amide bonds. The second-order valence-electron chi connectivity index (χ2n) is 4.64. The molecule has 2 nitrogen and oxygen atoms in total. The van der Waals surface area contributed by atoms with Crippen LogP contribution in [0.15, 0.2) is 23.3 Å². The van der Waals surface area contributed by atoms with Gasteiger partial charge in [0, 0.05) is 0 Å². The topological polar surface area (TPSA) is 37.3 Å². The number of carboxylic acid groups (broad SMARTS) is 1. The number of hydrogen-bond acceptors (Lipinski definition) is 1. The summed E-state index contributed by atoms with van der Waals surface area (Å²) >= 11 is 0. The van der Waals surface area contributed by atoms with Crippen LogP contribution in [0.1, 0.15) is 65.7 Å². The maximum Gasteiger partial charge on any atom is 0.307 e.